The molecule has 2 nitrogen and oxygen atoms in total. The summed E-state index contributed by atoms with van der Waals surface area (Å²) in [5.74, 6) is 0. The lowest BCUT2D eigenvalue weighted by atomic mass is 10.0. The largest absolute Gasteiger partial charge is 0.309 e. The van der Waals surface area contributed by atoms with E-state index in [4.69, 9.17) is 0 Å². The van der Waals surface area contributed by atoms with Crippen molar-refractivity contribution in [3.63, 3.8) is 0 Å². The molecule has 0 unspecified atom stereocenters. The van der Waals surface area contributed by atoms with Gasteiger partial charge in [-0.15, -0.1) is 0 Å². The summed E-state index contributed by atoms with van der Waals surface area (Å²) in [4.78, 5) is 0. The highest BCUT2D eigenvalue weighted by Gasteiger charge is 2.16. The fourth-order valence-electron chi connectivity index (χ4n) is 6.34. The molecule has 0 fully saturated rings. The quantitative estimate of drug-likeness (QED) is 0.177. The van der Waals surface area contributed by atoms with Gasteiger partial charge in [-0.2, -0.15) is 0 Å². The Labute approximate surface area is 265 Å². The molecule has 0 N–H and O–H groups in total. The van der Waals surface area contributed by atoms with Crippen LogP contribution < -0.4 is 0 Å². The fraction of sp³-hybridized carbons (Fsp3) is 0.0698. The van der Waals surface area contributed by atoms with Gasteiger partial charge < -0.3 is 9.13 Å². The van der Waals surface area contributed by atoms with Gasteiger partial charge in [0.25, 0.3) is 0 Å². The van der Waals surface area contributed by atoms with Crippen LogP contribution in [0.4, 0.5) is 0 Å². The number of aryl methyl sites for hydroxylation is 2. The summed E-state index contributed by atoms with van der Waals surface area (Å²) in [6.07, 6.45) is 6.23. The van der Waals surface area contributed by atoms with Crippen LogP contribution in [-0.2, 0) is 0 Å². The van der Waals surface area contributed by atoms with Crippen molar-refractivity contribution >= 4 is 23.1 Å². The SMILES string of the molecule is C=Cc1c(/C=C\C)n(-c2cccc(-c3ccc(-n4c(-c5ccc(C)cc5)ccc4-c4ccc(C)cc4)cc3)c2)c2ccccc12. The Morgan fingerprint density at radius 3 is 1.73 bits per heavy atom. The van der Waals surface area contributed by atoms with Crippen LogP contribution in [0.1, 0.15) is 29.3 Å². The van der Waals surface area contributed by atoms with Gasteiger partial charge in [0.1, 0.15) is 0 Å². The van der Waals surface area contributed by atoms with E-state index in [9.17, 15) is 0 Å². The zero-order valence-corrected chi connectivity index (χ0v) is 26.0. The monoisotopic (exact) mass is 580 g/mol. The van der Waals surface area contributed by atoms with Crippen LogP contribution in [0.15, 0.2) is 146 Å². The maximum absolute atomic E-state index is 4.13. The van der Waals surface area contributed by atoms with Crippen molar-refractivity contribution in [1.29, 1.82) is 0 Å². The van der Waals surface area contributed by atoms with Crippen LogP contribution in [-0.4, -0.2) is 9.13 Å². The maximum atomic E-state index is 4.13. The van der Waals surface area contributed by atoms with E-state index in [1.165, 1.54) is 55.7 Å². The zero-order chi connectivity index (χ0) is 30.9. The molecule has 0 aliphatic heterocycles. The first-order valence-electron chi connectivity index (χ1n) is 15.5. The highest BCUT2D eigenvalue weighted by Crippen LogP contribution is 2.35. The van der Waals surface area contributed by atoms with Gasteiger partial charge in [0.05, 0.1) is 22.6 Å². The van der Waals surface area contributed by atoms with Crippen LogP contribution in [0.2, 0.25) is 0 Å². The van der Waals surface area contributed by atoms with E-state index >= 15 is 0 Å². The second-order valence-corrected chi connectivity index (χ2v) is 11.6. The van der Waals surface area contributed by atoms with E-state index in [0.29, 0.717) is 0 Å². The van der Waals surface area contributed by atoms with Crippen molar-refractivity contribution in [3.05, 3.63) is 168 Å². The van der Waals surface area contributed by atoms with Crippen LogP contribution in [0.5, 0.6) is 0 Å². The molecule has 218 valence electrons. The molecule has 0 radical (unpaired) electrons. The second kappa shape index (κ2) is 11.8. The lowest BCUT2D eigenvalue weighted by Gasteiger charge is -2.16. The maximum Gasteiger partial charge on any atom is 0.0541 e. The average molecular weight is 581 g/mol. The molecule has 7 aromatic rings. The lowest BCUT2D eigenvalue weighted by Crippen LogP contribution is -2.00. The minimum absolute atomic E-state index is 1.13. The molecular weight excluding hydrogens is 544 g/mol. The Kier molecular flexibility index (Phi) is 7.41. The first-order chi connectivity index (χ1) is 22.1. The molecule has 5 aromatic carbocycles. The van der Waals surface area contributed by atoms with E-state index < -0.39 is 0 Å². The smallest absolute Gasteiger partial charge is 0.0541 e. The molecule has 0 aliphatic rings. The third-order valence-corrected chi connectivity index (χ3v) is 8.62. The van der Waals surface area contributed by atoms with Crippen LogP contribution in [0, 0.1) is 13.8 Å². The molecule has 0 aliphatic carbocycles. The average Bonchev–Trinajstić information content (AvgIpc) is 3.65. The van der Waals surface area contributed by atoms with E-state index in [2.05, 4.69) is 182 Å². The van der Waals surface area contributed by atoms with Crippen molar-refractivity contribution in [1.82, 2.24) is 9.13 Å². The number of hydrogen-bond acceptors (Lipinski definition) is 0. The fourth-order valence-corrected chi connectivity index (χ4v) is 6.34. The third-order valence-electron chi connectivity index (χ3n) is 8.62. The number of rotatable bonds is 7. The van der Waals surface area contributed by atoms with Gasteiger partial charge in [-0.05, 0) is 91.6 Å². The summed E-state index contributed by atoms with van der Waals surface area (Å²) < 4.78 is 4.72. The Morgan fingerprint density at radius 2 is 1.13 bits per heavy atom. The first kappa shape index (κ1) is 28.2. The highest BCUT2D eigenvalue weighted by molar-refractivity contribution is 5.95. The summed E-state index contributed by atoms with van der Waals surface area (Å²) in [5, 5.41) is 1.20. The summed E-state index contributed by atoms with van der Waals surface area (Å²) in [6.45, 7) is 10.5. The van der Waals surface area contributed by atoms with Gasteiger partial charge in [0.2, 0.25) is 0 Å². The minimum Gasteiger partial charge on any atom is -0.309 e. The number of para-hydroxylation sites is 1. The second-order valence-electron chi connectivity index (χ2n) is 11.6. The normalized spacial score (nSPS) is 11.4. The van der Waals surface area contributed by atoms with E-state index in [1.54, 1.807) is 0 Å². The lowest BCUT2D eigenvalue weighted by molar-refractivity contribution is 1.09. The first-order valence-corrected chi connectivity index (χ1v) is 15.5. The molecule has 2 aromatic heterocycles. The van der Waals surface area contributed by atoms with Crippen LogP contribution in [0.25, 0.3) is 68.1 Å². The van der Waals surface area contributed by atoms with E-state index in [0.717, 1.165) is 22.6 Å². The summed E-state index contributed by atoms with van der Waals surface area (Å²) >= 11 is 0. The number of nitrogens with zero attached hydrogens (tertiary/aromatic N) is 2. The number of hydrogen-bond donors (Lipinski definition) is 0. The number of fused-ring (bicyclic) bond motifs is 1. The zero-order valence-electron chi connectivity index (χ0n) is 26.0. The molecule has 0 saturated heterocycles. The molecule has 0 bridgehead atoms. The Bertz CT molecular complexity index is 2100. The van der Waals surface area contributed by atoms with Crippen molar-refractivity contribution in [3.8, 4) is 45.0 Å². The minimum atomic E-state index is 1.13. The van der Waals surface area contributed by atoms with Gasteiger partial charge in [-0.3, -0.25) is 0 Å². The van der Waals surface area contributed by atoms with Gasteiger partial charge in [0.15, 0.2) is 0 Å². The van der Waals surface area contributed by atoms with Gasteiger partial charge in [0, 0.05) is 22.3 Å². The van der Waals surface area contributed by atoms with Crippen molar-refractivity contribution < 1.29 is 0 Å². The third kappa shape index (κ3) is 5.15. The summed E-state index contributed by atoms with van der Waals surface area (Å²) in [7, 11) is 0. The van der Waals surface area contributed by atoms with Crippen LogP contribution in [0.3, 0.4) is 0 Å². The van der Waals surface area contributed by atoms with Crippen molar-refractivity contribution in [2.24, 2.45) is 0 Å². The molecule has 0 amide bonds. The van der Waals surface area contributed by atoms with E-state index in [1.807, 2.05) is 6.08 Å². The van der Waals surface area contributed by atoms with Crippen molar-refractivity contribution in [2.75, 3.05) is 0 Å². The van der Waals surface area contributed by atoms with Gasteiger partial charge >= 0.3 is 0 Å². The molecule has 0 atom stereocenters. The predicted octanol–water partition coefficient (Wildman–Crippen LogP) is 11.7. The molecule has 0 saturated carbocycles. The molecule has 2 heterocycles. The Morgan fingerprint density at radius 1 is 0.533 bits per heavy atom. The molecule has 0 spiro atoms. The molecular formula is C43H36N2. The van der Waals surface area contributed by atoms with Gasteiger partial charge in [-0.1, -0.05) is 121 Å². The molecule has 2 heteroatoms. The molecule has 45 heavy (non-hydrogen) atoms. The number of aromatic nitrogens is 2. The topological polar surface area (TPSA) is 9.86 Å². The summed E-state index contributed by atoms with van der Waals surface area (Å²) in [6, 6.07) is 48.4. The van der Waals surface area contributed by atoms with Gasteiger partial charge in [-0.25, -0.2) is 0 Å². The van der Waals surface area contributed by atoms with Crippen molar-refractivity contribution in [2.45, 2.75) is 20.8 Å². The molecule has 7 rings (SSSR count). The summed E-state index contributed by atoms with van der Waals surface area (Å²) in [5.41, 5.74) is 15.3. The predicted molar refractivity (Wildman–Crippen MR) is 193 cm³/mol. The highest BCUT2D eigenvalue weighted by atomic mass is 15.0. The van der Waals surface area contributed by atoms with E-state index in [-0.39, 0.29) is 0 Å². The Hall–Kier alpha value is -5.60. The van der Waals surface area contributed by atoms with Crippen LogP contribution >= 0.6 is 0 Å². The number of allylic oxidation sites excluding steroid dienone is 1. The standard InChI is InChI=1S/C43H36N2/c1-5-10-42-38(6-2)39-13-7-8-14-43(39)45(42)37-12-9-11-35(29-37)32-23-25-36(26-24-32)44-40(33-19-15-30(3)16-20-33)27-28-41(44)34-21-17-31(4)18-22-34/h5-29H,2H2,1,3-4H3/b10-5-. The Balaban J connectivity index is 1.32. The number of benzene rings is 5.